The average molecular weight is 261 g/mol. The maximum Gasteiger partial charge on any atom is 0.417 e. The Morgan fingerprint density at radius 3 is 2.50 bits per heavy atom. The third-order valence-corrected chi connectivity index (χ3v) is 2.63. The van der Waals surface area contributed by atoms with E-state index in [1.54, 1.807) is 6.92 Å². The lowest BCUT2D eigenvalue weighted by Crippen LogP contribution is -2.40. The quantitative estimate of drug-likeness (QED) is 0.897. The minimum absolute atomic E-state index is 0.0363. The molecule has 1 heterocycles. The summed E-state index contributed by atoms with van der Waals surface area (Å²) in [4.78, 5) is 16.7. The summed E-state index contributed by atoms with van der Waals surface area (Å²) in [6.45, 7) is 2.00. The molecule has 0 saturated heterocycles. The van der Waals surface area contributed by atoms with Gasteiger partial charge in [-0.1, -0.05) is 0 Å². The predicted molar refractivity (Wildman–Crippen MR) is 59.8 cm³/mol. The predicted octanol–water partition coefficient (Wildman–Crippen LogP) is 1.52. The Morgan fingerprint density at radius 2 is 2.11 bits per heavy atom. The van der Waals surface area contributed by atoms with E-state index in [0.717, 1.165) is 12.1 Å². The topological polar surface area (TPSA) is 59.2 Å². The van der Waals surface area contributed by atoms with Gasteiger partial charge in [0.15, 0.2) is 0 Å². The lowest BCUT2D eigenvalue weighted by Gasteiger charge is -2.23. The van der Waals surface area contributed by atoms with Crippen molar-refractivity contribution in [2.24, 2.45) is 5.73 Å². The molecule has 0 radical (unpaired) electrons. The fourth-order valence-corrected chi connectivity index (χ4v) is 1.23. The van der Waals surface area contributed by atoms with Gasteiger partial charge in [-0.3, -0.25) is 9.78 Å². The smallest absolute Gasteiger partial charge is 0.336 e. The Bertz CT molecular complexity index is 417. The number of alkyl halides is 3. The maximum atomic E-state index is 12.3. The first-order valence-electron chi connectivity index (χ1n) is 5.28. The Morgan fingerprint density at radius 1 is 1.50 bits per heavy atom. The van der Waals surface area contributed by atoms with Gasteiger partial charge in [0, 0.05) is 25.8 Å². The molecule has 0 aliphatic carbocycles. The summed E-state index contributed by atoms with van der Waals surface area (Å²) in [5.41, 5.74) is 4.49. The third kappa shape index (κ3) is 3.19. The summed E-state index contributed by atoms with van der Waals surface area (Å²) >= 11 is 0. The molecular formula is C11H14F3N3O. The first-order valence-corrected chi connectivity index (χ1v) is 5.28. The molecule has 0 aliphatic rings. The van der Waals surface area contributed by atoms with Crippen molar-refractivity contribution in [3.63, 3.8) is 0 Å². The fourth-order valence-electron chi connectivity index (χ4n) is 1.23. The summed E-state index contributed by atoms with van der Waals surface area (Å²) in [6, 6.07) is 1.69. The zero-order valence-corrected chi connectivity index (χ0v) is 10.0. The largest absolute Gasteiger partial charge is 0.417 e. The molecule has 0 aliphatic heterocycles. The zero-order chi connectivity index (χ0) is 13.9. The van der Waals surface area contributed by atoms with Crippen LogP contribution >= 0.6 is 0 Å². The van der Waals surface area contributed by atoms with E-state index < -0.39 is 17.6 Å². The molecule has 1 rings (SSSR count). The van der Waals surface area contributed by atoms with E-state index in [2.05, 4.69) is 4.98 Å². The fraction of sp³-hybridized carbons (Fsp3) is 0.455. The molecule has 0 aromatic carbocycles. The molecule has 0 saturated carbocycles. The van der Waals surface area contributed by atoms with Gasteiger partial charge in [0.1, 0.15) is 5.69 Å². The summed E-state index contributed by atoms with van der Waals surface area (Å²) in [6.07, 6.45) is -3.81. The van der Waals surface area contributed by atoms with Crippen molar-refractivity contribution in [2.45, 2.75) is 19.1 Å². The first kappa shape index (κ1) is 14.4. The van der Waals surface area contributed by atoms with Crippen LogP contribution in [-0.2, 0) is 6.18 Å². The molecule has 0 bridgehead atoms. The molecule has 1 aromatic heterocycles. The molecule has 1 atom stereocenters. The van der Waals surface area contributed by atoms with Crippen molar-refractivity contribution in [1.29, 1.82) is 0 Å². The van der Waals surface area contributed by atoms with Gasteiger partial charge < -0.3 is 10.6 Å². The third-order valence-electron chi connectivity index (χ3n) is 2.63. The van der Waals surface area contributed by atoms with Gasteiger partial charge in [-0.2, -0.15) is 13.2 Å². The van der Waals surface area contributed by atoms with E-state index in [4.69, 9.17) is 5.73 Å². The van der Waals surface area contributed by atoms with Crippen molar-refractivity contribution in [3.8, 4) is 0 Å². The van der Waals surface area contributed by atoms with Crippen LogP contribution in [-0.4, -0.2) is 35.4 Å². The van der Waals surface area contributed by atoms with Crippen LogP contribution in [0.4, 0.5) is 13.2 Å². The number of hydrogen-bond acceptors (Lipinski definition) is 3. The molecule has 1 amide bonds. The second kappa shape index (κ2) is 5.34. The Labute approximate surface area is 103 Å². The van der Waals surface area contributed by atoms with E-state index in [0.29, 0.717) is 6.20 Å². The van der Waals surface area contributed by atoms with Gasteiger partial charge >= 0.3 is 6.18 Å². The molecule has 0 fully saturated rings. The monoisotopic (exact) mass is 261 g/mol. The Kier molecular flexibility index (Phi) is 4.28. The van der Waals surface area contributed by atoms with Crippen molar-refractivity contribution >= 4 is 5.91 Å². The van der Waals surface area contributed by atoms with Gasteiger partial charge in [0.2, 0.25) is 0 Å². The lowest BCUT2D eigenvalue weighted by molar-refractivity contribution is -0.137. The Balaban J connectivity index is 2.89. The molecule has 2 N–H and O–H groups in total. The minimum Gasteiger partial charge on any atom is -0.336 e. The van der Waals surface area contributed by atoms with Crippen LogP contribution in [0.15, 0.2) is 18.3 Å². The highest BCUT2D eigenvalue weighted by Gasteiger charge is 2.31. The van der Waals surface area contributed by atoms with Crippen molar-refractivity contribution in [2.75, 3.05) is 13.6 Å². The number of nitrogens with two attached hydrogens (primary N) is 1. The molecule has 100 valence electrons. The number of halogens is 3. The van der Waals surface area contributed by atoms with Crippen LogP contribution in [0.2, 0.25) is 0 Å². The van der Waals surface area contributed by atoms with Gasteiger partial charge in [0.05, 0.1) is 5.56 Å². The number of pyridine rings is 1. The summed E-state index contributed by atoms with van der Waals surface area (Å²) in [5.74, 6) is -0.457. The van der Waals surface area contributed by atoms with Crippen LogP contribution in [0.1, 0.15) is 23.0 Å². The van der Waals surface area contributed by atoms with Crippen molar-refractivity contribution in [1.82, 2.24) is 9.88 Å². The Hall–Kier alpha value is -1.63. The van der Waals surface area contributed by atoms with E-state index >= 15 is 0 Å². The molecule has 4 nitrogen and oxygen atoms in total. The van der Waals surface area contributed by atoms with E-state index in [-0.39, 0.29) is 18.3 Å². The van der Waals surface area contributed by atoms with Gasteiger partial charge in [0.25, 0.3) is 5.91 Å². The van der Waals surface area contributed by atoms with Gasteiger partial charge in [-0.05, 0) is 19.1 Å². The lowest BCUT2D eigenvalue weighted by atomic mass is 10.2. The summed E-state index contributed by atoms with van der Waals surface area (Å²) < 4.78 is 36.9. The van der Waals surface area contributed by atoms with E-state index in [9.17, 15) is 18.0 Å². The summed E-state index contributed by atoms with van der Waals surface area (Å²) in [7, 11) is 1.53. The minimum atomic E-state index is -4.45. The second-order valence-electron chi connectivity index (χ2n) is 3.93. The number of nitrogens with zero attached hydrogens (tertiary/aromatic N) is 2. The summed E-state index contributed by atoms with van der Waals surface area (Å²) in [5, 5.41) is 0. The first-order chi connectivity index (χ1) is 8.27. The SMILES string of the molecule is CC(CN)N(C)C(=O)c1ccc(C(F)(F)F)cn1. The molecule has 1 unspecified atom stereocenters. The second-order valence-corrected chi connectivity index (χ2v) is 3.93. The van der Waals surface area contributed by atoms with Gasteiger partial charge in [-0.25, -0.2) is 0 Å². The number of carbonyl (C=O) groups is 1. The molecular weight excluding hydrogens is 247 g/mol. The number of hydrogen-bond donors (Lipinski definition) is 1. The zero-order valence-electron chi connectivity index (χ0n) is 10.0. The number of rotatable bonds is 3. The van der Waals surface area contributed by atoms with Gasteiger partial charge in [-0.15, -0.1) is 0 Å². The average Bonchev–Trinajstić information content (AvgIpc) is 2.35. The van der Waals surface area contributed by atoms with Crippen LogP contribution in [0.25, 0.3) is 0 Å². The number of amides is 1. The standard InChI is InChI=1S/C11H14F3N3O/c1-7(5-15)17(2)10(18)9-4-3-8(6-16-9)11(12,13)14/h3-4,6-7H,5,15H2,1-2H3. The normalized spacial score (nSPS) is 13.2. The number of aromatic nitrogens is 1. The number of likely N-dealkylation sites (N-methyl/N-ethyl adjacent to an activating group) is 1. The molecule has 18 heavy (non-hydrogen) atoms. The van der Waals surface area contributed by atoms with Crippen molar-refractivity contribution in [3.05, 3.63) is 29.6 Å². The highest BCUT2D eigenvalue weighted by atomic mass is 19.4. The van der Waals surface area contributed by atoms with Crippen LogP contribution < -0.4 is 5.73 Å². The highest BCUT2D eigenvalue weighted by molar-refractivity contribution is 5.92. The maximum absolute atomic E-state index is 12.3. The van der Waals surface area contributed by atoms with Crippen LogP contribution in [0, 0.1) is 0 Å². The van der Waals surface area contributed by atoms with Crippen LogP contribution in [0.3, 0.4) is 0 Å². The molecule has 7 heteroatoms. The molecule has 1 aromatic rings. The highest BCUT2D eigenvalue weighted by Crippen LogP contribution is 2.28. The van der Waals surface area contributed by atoms with Crippen molar-refractivity contribution < 1.29 is 18.0 Å². The molecule has 0 spiro atoms. The van der Waals surface area contributed by atoms with E-state index in [1.165, 1.54) is 11.9 Å². The number of carbonyl (C=O) groups excluding carboxylic acids is 1. The van der Waals surface area contributed by atoms with Crippen LogP contribution in [0.5, 0.6) is 0 Å². The van der Waals surface area contributed by atoms with E-state index in [1.807, 2.05) is 0 Å².